The van der Waals surface area contributed by atoms with E-state index in [9.17, 15) is 0 Å². The fourth-order valence-electron chi connectivity index (χ4n) is 4.58. The maximum atomic E-state index is 4.44. The maximum Gasteiger partial charge on any atom is 0.0703 e. The van der Waals surface area contributed by atoms with Crippen molar-refractivity contribution < 1.29 is 0 Å². The molecular weight excluding hydrogens is 306 g/mol. The number of piperidine rings is 1. The van der Waals surface area contributed by atoms with E-state index in [4.69, 9.17) is 0 Å². The number of likely N-dealkylation sites (tertiary alicyclic amines) is 1. The van der Waals surface area contributed by atoms with Crippen LogP contribution in [0.4, 0.5) is 5.69 Å². The molecule has 0 amide bonds. The molecule has 2 aliphatic rings. The largest absolute Gasteiger partial charge is 0.371 e. The zero-order valence-electron chi connectivity index (χ0n) is 15.5. The Labute approximate surface area is 151 Å². The molecule has 132 valence electrons. The highest BCUT2D eigenvalue weighted by atomic mass is 15.3. The molecule has 1 spiro atoms. The molecule has 0 saturated carbocycles. The minimum atomic E-state index is 0.445. The van der Waals surface area contributed by atoms with Gasteiger partial charge in [0.05, 0.1) is 5.52 Å². The van der Waals surface area contributed by atoms with E-state index in [1.165, 1.54) is 48.9 Å². The lowest BCUT2D eigenvalue weighted by atomic mass is 9.84. The summed E-state index contributed by atoms with van der Waals surface area (Å²) in [7, 11) is 0. The van der Waals surface area contributed by atoms with E-state index in [0.29, 0.717) is 5.54 Å². The lowest BCUT2D eigenvalue weighted by Crippen LogP contribution is -2.52. The predicted octanol–water partition coefficient (Wildman–Crippen LogP) is 4.64. The highest BCUT2D eigenvalue weighted by Crippen LogP contribution is 2.39. The SMILES string of the molecule is CC(C)=CCN1CCCC12CCN(c1ccc3ncccc3c1)CC2. The monoisotopic (exact) mass is 335 g/mol. The van der Waals surface area contributed by atoms with Gasteiger partial charge in [0, 0.05) is 42.4 Å². The Morgan fingerprint density at radius 2 is 1.96 bits per heavy atom. The number of hydrogen-bond donors (Lipinski definition) is 0. The van der Waals surface area contributed by atoms with Gasteiger partial charge >= 0.3 is 0 Å². The van der Waals surface area contributed by atoms with Crippen LogP contribution >= 0.6 is 0 Å². The summed E-state index contributed by atoms with van der Waals surface area (Å²) in [5.41, 5.74) is 4.32. The Morgan fingerprint density at radius 1 is 1.12 bits per heavy atom. The van der Waals surface area contributed by atoms with E-state index in [1.54, 1.807) is 0 Å². The summed E-state index contributed by atoms with van der Waals surface area (Å²) in [6, 6.07) is 10.9. The topological polar surface area (TPSA) is 19.4 Å². The van der Waals surface area contributed by atoms with Gasteiger partial charge in [-0.2, -0.15) is 0 Å². The Balaban J connectivity index is 1.47. The molecule has 2 saturated heterocycles. The van der Waals surface area contributed by atoms with E-state index < -0.39 is 0 Å². The number of allylic oxidation sites excluding steroid dienone is 1. The highest BCUT2D eigenvalue weighted by molar-refractivity contribution is 5.82. The summed E-state index contributed by atoms with van der Waals surface area (Å²) in [6.07, 6.45) is 9.57. The second-order valence-electron chi connectivity index (χ2n) is 7.92. The third kappa shape index (κ3) is 3.30. The molecule has 1 aromatic heterocycles. The molecule has 0 aliphatic carbocycles. The number of pyridine rings is 1. The lowest BCUT2D eigenvalue weighted by molar-refractivity contribution is 0.120. The van der Waals surface area contributed by atoms with E-state index in [1.807, 2.05) is 12.3 Å². The van der Waals surface area contributed by atoms with Crippen LogP contribution in [-0.4, -0.2) is 41.6 Å². The van der Waals surface area contributed by atoms with Crippen molar-refractivity contribution in [2.45, 2.75) is 45.1 Å². The number of fused-ring (bicyclic) bond motifs is 1. The van der Waals surface area contributed by atoms with Crippen LogP contribution in [0.15, 0.2) is 48.2 Å². The first kappa shape index (κ1) is 16.6. The Hall–Kier alpha value is -1.87. The molecule has 2 fully saturated rings. The van der Waals surface area contributed by atoms with Crippen LogP contribution in [-0.2, 0) is 0 Å². The first-order valence-corrected chi connectivity index (χ1v) is 9.64. The van der Waals surface area contributed by atoms with Gasteiger partial charge in [0.2, 0.25) is 0 Å². The van der Waals surface area contributed by atoms with E-state index >= 15 is 0 Å². The number of aromatic nitrogens is 1. The van der Waals surface area contributed by atoms with E-state index in [-0.39, 0.29) is 0 Å². The zero-order valence-corrected chi connectivity index (χ0v) is 15.5. The first-order valence-electron chi connectivity index (χ1n) is 9.64. The van der Waals surface area contributed by atoms with Crippen LogP contribution in [0.1, 0.15) is 39.5 Å². The third-order valence-electron chi connectivity index (χ3n) is 6.11. The Morgan fingerprint density at radius 3 is 2.76 bits per heavy atom. The Bertz CT molecular complexity index is 768. The molecule has 0 radical (unpaired) electrons. The minimum absolute atomic E-state index is 0.445. The molecule has 1 aromatic carbocycles. The number of rotatable bonds is 3. The first-order chi connectivity index (χ1) is 12.2. The maximum absolute atomic E-state index is 4.44. The Kier molecular flexibility index (Phi) is 4.51. The molecule has 0 atom stereocenters. The predicted molar refractivity (Wildman–Crippen MR) is 106 cm³/mol. The van der Waals surface area contributed by atoms with Crippen LogP contribution < -0.4 is 4.90 Å². The van der Waals surface area contributed by atoms with Gasteiger partial charge < -0.3 is 4.90 Å². The molecule has 2 aromatic rings. The molecule has 0 bridgehead atoms. The van der Waals surface area contributed by atoms with Gasteiger partial charge in [-0.1, -0.05) is 17.7 Å². The smallest absolute Gasteiger partial charge is 0.0703 e. The summed E-state index contributed by atoms with van der Waals surface area (Å²) in [5, 5.41) is 1.24. The van der Waals surface area contributed by atoms with Crippen molar-refractivity contribution in [3.8, 4) is 0 Å². The van der Waals surface area contributed by atoms with Crippen molar-refractivity contribution in [3.63, 3.8) is 0 Å². The van der Waals surface area contributed by atoms with Gasteiger partial charge in [-0.3, -0.25) is 9.88 Å². The third-order valence-corrected chi connectivity index (χ3v) is 6.11. The summed E-state index contributed by atoms with van der Waals surface area (Å²) in [6.45, 7) is 9.14. The molecule has 2 aliphatic heterocycles. The highest BCUT2D eigenvalue weighted by Gasteiger charge is 2.42. The van der Waals surface area contributed by atoms with Crippen molar-refractivity contribution in [1.29, 1.82) is 0 Å². The number of benzene rings is 1. The number of hydrogen-bond acceptors (Lipinski definition) is 3. The summed E-state index contributed by atoms with van der Waals surface area (Å²) in [5.74, 6) is 0. The van der Waals surface area contributed by atoms with Crippen LogP contribution in [0, 0.1) is 0 Å². The van der Waals surface area contributed by atoms with Crippen molar-refractivity contribution in [2.75, 3.05) is 31.1 Å². The molecule has 25 heavy (non-hydrogen) atoms. The number of anilines is 1. The molecule has 0 N–H and O–H groups in total. The van der Waals surface area contributed by atoms with Crippen LogP contribution in [0.25, 0.3) is 10.9 Å². The van der Waals surface area contributed by atoms with E-state index in [2.05, 4.69) is 59.0 Å². The standard InChI is InChI=1S/C22H29N3/c1-18(2)8-14-25-13-4-9-22(25)10-15-24(16-11-22)20-6-7-21-19(17-20)5-3-12-23-21/h3,5-8,12,17H,4,9-11,13-16H2,1-2H3. The fraction of sp³-hybridized carbons (Fsp3) is 0.500. The average molecular weight is 335 g/mol. The van der Waals surface area contributed by atoms with Crippen LogP contribution in [0.3, 0.4) is 0 Å². The van der Waals surface area contributed by atoms with Gasteiger partial charge in [-0.05, 0) is 70.3 Å². The summed E-state index contributed by atoms with van der Waals surface area (Å²) < 4.78 is 0. The van der Waals surface area contributed by atoms with Crippen molar-refractivity contribution >= 4 is 16.6 Å². The van der Waals surface area contributed by atoms with Crippen LogP contribution in [0.2, 0.25) is 0 Å². The van der Waals surface area contributed by atoms with Crippen LogP contribution in [0.5, 0.6) is 0 Å². The summed E-state index contributed by atoms with van der Waals surface area (Å²) in [4.78, 5) is 9.76. The molecule has 3 nitrogen and oxygen atoms in total. The fourth-order valence-corrected chi connectivity index (χ4v) is 4.58. The van der Waals surface area contributed by atoms with Crippen molar-refractivity contribution in [3.05, 3.63) is 48.2 Å². The van der Waals surface area contributed by atoms with E-state index in [0.717, 1.165) is 25.2 Å². The molecule has 3 heterocycles. The summed E-state index contributed by atoms with van der Waals surface area (Å²) >= 11 is 0. The quantitative estimate of drug-likeness (QED) is 0.762. The number of nitrogens with zero attached hydrogens (tertiary/aromatic N) is 3. The second-order valence-corrected chi connectivity index (χ2v) is 7.92. The molecule has 4 rings (SSSR count). The van der Waals surface area contributed by atoms with Gasteiger partial charge in [-0.15, -0.1) is 0 Å². The van der Waals surface area contributed by atoms with Gasteiger partial charge in [-0.25, -0.2) is 0 Å². The normalized spacial score (nSPS) is 20.3. The molecule has 3 heteroatoms. The van der Waals surface area contributed by atoms with Gasteiger partial charge in [0.25, 0.3) is 0 Å². The minimum Gasteiger partial charge on any atom is -0.371 e. The molecule has 0 unspecified atom stereocenters. The zero-order chi connectivity index (χ0) is 17.3. The second kappa shape index (κ2) is 6.80. The van der Waals surface area contributed by atoms with Crippen molar-refractivity contribution in [2.24, 2.45) is 0 Å². The molecular formula is C22H29N3. The van der Waals surface area contributed by atoms with Crippen molar-refractivity contribution in [1.82, 2.24) is 9.88 Å². The average Bonchev–Trinajstić information content (AvgIpc) is 3.02. The lowest BCUT2D eigenvalue weighted by Gasteiger charge is -2.45. The van der Waals surface area contributed by atoms with Gasteiger partial charge in [0.15, 0.2) is 0 Å². The van der Waals surface area contributed by atoms with Gasteiger partial charge in [0.1, 0.15) is 0 Å².